The summed E-state index contributed by atoms with van der Waals surface area (Å²) in [5.41, 5.74) is 1.88. The van der Waals surface area contributed by atoms with Crippen LogP contribution in [0.5, 0.6) is 0 Å². The molecule has 2 rings (SSSR count). The van der Waals surface area contributed by atoms with Crippen molar-refractivity contribution in [1.82, 2.24) is 5.32 Å². The number of hydrogen-bond donors (Lipinski definition) is 1. The van der Waals surface area contributed by atoms with E-state index in [1.807, 2.05) is 0 Å². The number of carbonyl (C=O) groups excluding carboxylic acids is 1. The summed E-state index contributed by atoms with van der Waals surface area (Å²) in [5, 5.41) is 4.25. The number of hydrogen-bond acceptors (Lipinski definition) is 1. The van der Waals surface area contributed by atoms with Crippen molar-refractivity contribution in [3.05, 3.63) is 65.2 Å². The van der Waals surface area contributed by atoms with Crippen LogP contribution in [-0.2, 0) is 13.2 Å². The average molecular weight is 315 g/mol. The van der Waals surface area contributed by atoms with Crippen molar-refractivity contribution >= 4 is 19.2 Å². The van der Waals surface area contributed by atoms with Crippen LogP contribution in [-0.4, -0.2) is 14.0 Å². The number of alkyl halides is 1. The van der Waals surface area contributed by atoms with E-state index >= 15 is 0 Å². The fourth-order valence-corrected chi connectivity index (χ4v) is 3.43. The van der Waals surface area contributed by atoms with Crippen LogP contribution in [0.3, 0.4) is 0 Å². The monoisotopic (exact) mass is 315 g/mol. The average Bonchev–Trinajstić information content (AvgIpc) is 2.52. The van der Waals surface area contributed by atoms with E-state index in [2.05, 4.69) is 49.2 Å². The quantitative estimate of drug-likeness (QED) is 0.839. The first-order valence-electron chi connectivity index (χ1n) is 7.43. The minimum atomic E-state index is -1.30. The van der Waals surface area contributed by atoms with E-state index in [0.717, 1.165) is 5.56 Å². The second-order valence-electron chi connectivity index (χ2n) is 6.42. The van der Waals surface area contributed by atoms with Crippen LogP contribution in [0.1, 0.15) is 21.5 Å². The third-order valence-corrected chi connectivity index (χ3v) is 5.74. The molecule has 0 heterocycles. The second-order valence-corrected chi connectivity index (χ2v) is 11.5. The Bertz CT molecular complexity index is 647. The van der Waals surface area contributed by atoms with E-state index in [9.17, 15) is 9.18 Å². The summed E-state index contributed by atoms with van der Waals surface area (Å²) in [6.45, 7) is 6.73. The number of rotatable bonds is 5. The van der Waals surface area contributed by atoms with Gasteiger partial charge in [-0.1, -0.05) is 67.3 Å². The van der Waals surface area contributed by atoms with E-state index in [-0.39, 0.29) is 5.91 Å². The SMILES string of the molecule is C[Si](C)(C)c1ccc(CNC(=O)c2ccccc2CF)cc1. The van der Waals surface area contributed by atoms with E-state index in [4.69, 9.17) is 0 Å². The van der Waals surface area contributed by atoms with Gasteiger partial charge in [0.25, 0.3) is 5.91 Å². The van der Waals surface area contributed by atoms with Gasteiger partial charge in [-0.3, -0.25) is 4.79 Å². The van der Waals surface area contributed by atoms with Crippen LogP contribution in [0.4, 0.5) is 4.39 Å². The van der Waals surface area contributed by atoms with Gasteiger partial charge in [0.1, 0.15) is 6.67 Å². The molecule has 0 atom stereocenters. The standard InChI is InChI=1S/C18H22FNOSi/c1-22(2,3)16-10-8-14(9-11-16)13-20-18(21)17-7-5-4-6-15(17)12-19/h4-11H,12-13H2,1-3H3,(H,20,21). The maximum absolute atomic E-state index is 12.9. The van der Waals surface area contributed by atoms with Crippen LogP contribution >= 0.6 is 0 Å². The van der Waals surface area contributed by atoms with Gasteiger partial charge in [0.15, 0.2) is 0 Å². The van der Waals surface area contributed by atoms with Gasteiger partial charge in [-0.15, -0.1) is 0 Å². The Morgan fingerprint density at radius 1 is 1.05 bits per heavy atom. The Labute approximate surface area is 132 Å². The number of carbonyl (C=O) groups is 1. The number of amides is 1. The Morgan fingerprint density at radius 3 is 2.27 bits per heavy atom. The normalized spacial score (nSPS) is 11.3. The molecule has 0 bridgehead atoms. The second kappa shape index (κ2) is 6.88. The van der Waals surface area contributed by atoms with Crippen molar-refractivity contribution in [1.29, 1.82) is 0 Å². The van der Waals surface area contributed by atoms with Crippen molar-refractivity contribution in [2.45, 2.75) is 32.9 Å². The van der Waals surface area contributed by atoms with E-state index in [1.165, 1.54) is 5.19 Å². The highest BCUT2D eigenvalue weighted by atomic mass is 28.3. The lowest BCUT2D eigenvalue weighted by atomic mass is 10.1. The molecule has 4 heteroatoms. The third kappa shape index (κ3) is 4.04. The van der Waals surface area contributed by atoms with Crippen LogP contribution in [0, 0.1) is 0 Å². The lowest BCUT2D eigenvalue weighted by Crippen LogP contribution is -2.37. The summed E-state index contributed by atoms with van der Waals surface area (Å²) in [6.07, 6.45) is 0. The summed E-state index contributed by atoms with van der Waals surface area (Å²) in [5.74, 6) is -0.234. The van der Waals surface area contributed by atoms with Gasteiger partial charge in [-0.25, -0.2) is 4.39 Å². The molecule has 0 aromatic heterocycles. The molecule has 0 aliphatic carbocycles. The van der Waals surface area contributed by atoms with E-state index in [1.54, 1.807) is 24.3 Å². The molecule has 0 radical (unpaired) electrons. The fourth-order valence-electron chi connectivity index (χ4n) is 2.26. The zero-order valence-corrected chi connectivity index (χ0v) is 14.3. The molecular formula is C18H22FNOSi. The number of nitrogens with one attached hydrogen (secondary N) is 1. The molecule has 0 saturated heterocycles. The smallest absolute Gasteiger partial charge is 0.251 e. The molecule has 0 fully saturated rings. The van der Waals surface area contributed by atoms with E-state index < -0.39 is 14.7 Å². The molecule has 2 aromatic carbocycles. The number of benzene rings is 2. The topological polar surface area (TPSA) is 29.1 Å². The highest BCUT2D eigenvalue weighted by Gasteiger charge is 2.15. The predicted molar refractivity (Wildman–Crippen MR) is 91.8 cm³/mol. The van der Waals surface area contributed by atoms with Crippen molar-refractivity contribution in [3.63, 3.8) is 0 Å². The van der Waals surface area contributed by atoms with Gasteiger partial charge in [0.2, 0.25) is 0 Å². The maximum atomic E-state index is 12.9. The fraction of sp³-hybridized carbons (Fsp3) is 0.278. The minimum absolute atomic E-state index is 0.234. The highest BCUT2D eigenvalue weighted by Crippen LogP contribution is 2.10. The first kappa shape index (κ1) is 16.4. The third-order valence-electron chi connectivity index (χ3n) is 3.68. The zero-order chi connectivity index (χ0) is 16.2. The van der Waals surface area contributed by atoms with Gasteiger partial charge >= 0.3 is 0 Å². The Morgan fingerprint density at radius 2 is 1.68 bits per heavy atom. The summed E-state index contributed by atoms with van der Waals surface area (Å²) < 4.78 is 12.9. The largest absolute Gasteiger partial charge is 0.348 e. The van der Waals surface area contributed by atoms with Crippen molar-refractivity contribution in [3.8, 4) is 0 Å². The first-order chi connectivity index (χ1) is 10.4. The Kier molecular flexibility index (Phi) is 5.14. The molecule has 1 amide bonds. The molecule has 1 N–H and O–H groups in total. The Balaban J connectivity index is 2.02. The van der Waals surface area contributed by atoms with Crippen molar-refractivity contribution in [2.75, 3.05) is 0 Å². The molecule has 22 heavy (non-hydrogen) atoms. The highest BCUT2D eigenvalue weighted by molar-refractivity contribution is 6.88. The van der Waals surface area contributed by atoms with Crippen LogP contribution in [0.15, 0.2) is 48.5 Å². The first-order valence-corrected chi connectivity index (χ1v) is 10.9. The maximum Gasteiger partial charge on any atom is 0.251 e. The molecule has 116 valence electrons. The lowest BCUT2D eigenvalue weighted by Gasteiger charge is -2.17. The molecule has 2 nitrogen and oxygen atoms in total. The van der Waals surface area contributed by atoms with Gasteiger partial charge in [-0.2, -0.15) is 0 Å². The summed E-state index contributed by atoms with van der Waals surface area (Å²) in [7, 11) is -1.30. The summed E-state index contributed by atoms with van der Waals surface area (Å²) >= 11 is 0. The molecule has 0 spiro atoms. The summed E-state index contributed by atoms with van der Waals surface area (Å²) in [6, 6.07) is 15.2. The Hall–Kier alpha value is -1.94. The predicted octanol–water partition coefficient (Wildman–Crippen LogP) is 3.63. The summed E-state index contributed by atoms with van der Waals surface area (Å²) in [4.78, 5) is 12.2. The zero-order valence-electron chi connectivity index (χ0n) is 13.3. The number of halogens is 1. The lowest BCUT2D eigenvalue weighted by molar-refractivity contribution is 0.0949. The van der Waals surface area contributed by atoms with E-state index in [0.29, 0.717) is 17.7 Å². The molecule has 0 unspecified atom stereocenters. The van der Waals surface area contributed by atoms with Gasteiger partial charge in [0, 0.05) is 12.1 Å². The van der Waals surface area contributed by atoms with Gasteiger partial charge < -0.3 is 5.32 Å². The molecule has 0 aliphatic rings. The molecular weight excluding hydrogens is 293 g/mol. The molecule has 0 saturated carbocycles. The van der Waals surface area contributed by atoms with Crippen LogP contribution < -0.4 is 10.5 Å². The molecule has 0 aliphatic heterocycles. The van der Waals surface area contributed by atoms with Gasteiger partial charge in [0.05, 0.1) is 8.07 Å². The molecule has 2 aromatic rings. The minimum Gasteiger partial charge on any atom is -0.348 e. The van der Waals surface area contributed by atoms with Crippen molar-refractivity contribution in [2.24, 2.45) is 0 Å². The van der Waals surface area contributed by atoms with Crippen molar-refractivity contribution < 1.29 is 9.18 Å². The van der Waals surface area contributed by atoms with Crippen LogP contribution in [0.2, 0.25) is 19.6 Å². The van der Waals surface area contributed by atoms with Crippen LogP contribution in [0.25, 0.3) is 0 Å². The van der Waals surface area contributed by atoms with Gasteiger partial charge in [-0.05, 0) is 17.2 Å².